The lowest BCUT2D eigenvalue weighted by Crippen LogP contribution is -2.22. The van der Waals surface area contributed by atoms with Crippen LogP contribution < -0.4 is 5.32 Å². The molecule has 4 heteroatoms. The lowest BCUT2D eigenvalue weighted by Gasteiger charge is -2.29. The molecule has 23 heavy (non-hydrogen) atoms. The number of carbonyl (C=O) groups is 1. The van der Waals surface area contributed by atoms with Gasteiger partial charge in [0.1, 0.15) is 0 Å². The number of carboxylic acid groups (broad SMARTS) is 1. The molecule has 0 saturated carbocycles. The summed E-state index contributed by atoms with van der Waals surface area (Å²) >= 11 is 1.67. The van der Waals surface area contributed by atoms with Gasteiger partial charge in [0, 0.05) is 15.4 Å². The first-order valence-corrected chi connectivity index (χ1v) is 8.85. The van der Waals surface area contributed by atoms with E-state index in [1.807, 2.05) is 12.1 Å². The van der Waals surface area contributed by atoms with Gasteiger partial charge in [0.15, 0.2) is 0 Å². The summed E-state index contributed by atoms with van der Waals surface area (Å²) in [6.07, 6.45) is 2.99. The average molecular weight is 329 g/mol. The van der Waals surface area contributed by atoms with Gasteiger partial charge in [0.05, 0.1) is 12.1 Å². The summed E-state index contributed by atoms with van der Waals surface area (Å²) in [5, 5.41) is 13.1. The lowest BCUT2D eigenvalue weighted by atomic mass is 9.76. The Bertz CT molecular complexity index is 729. The molecular formula is C19H23NO2S. The van der Waals surface area contributed by atoms with E-state index in [0.717, 1.165) is 35.4 Å². The Balaban J connectivity index is 1.86. The van der Waals surface area contributed by atoms with Crippen molar-refractivity contribution in [1.82, 2.24) is 0 Å². The van der Waals surface area contributed by atoms with E-state index in [1.165, 1.54) is 10.4 Å². The molecule has 3 nitrogen and oxygen atoms in total. The Hall–Kier alpha value is -1.81. The predicted molar refractivity (Wildman–Crippen MR) is 95.6 cm³/mol. The molecule has 0 spiro atoms. The standard InChI is InChI=1S/C19H23NO2S/c1-12-4-6-13(7-5-12)20-11-16-17(18(21)22)14-10-19(2,3)9-8-15(14)23-16/h4-7,20H,8-11H2,1-3H3,(H,21,22). The van der Waals surface area contributed by atoms with Crippen LogP contribution in [0, 0.1) is 12.3 Å². The third-order valence-corrected chi connectivity index (χ3v) is 5.86. The van der Waals surface area contributed by atoms with Crippen molar-refractivity contribution in [3.8, 4) is 0 Å². The number of anilines is 1. The third-order valence-electron chi connectivity index (χ3n) is 4.57. The van der Waals surface area contributed by atoms with E-state index in [-0.39, 0.29) is 5.41 Å². The van der Waals surface area contributed by atoms with Crippen molar-refractivity contribution in [1.29, 1.82) is 0 Å². The number of rotatable bonds is 4. The minimum atomic E-state index is -0.791. The second-order valence-corrected chi connectivity index (χ2v) is 8.36. The van der Waals surface area contributed by atoms with Crippen molar-refractivity contribution < 1.29 is 9.90 Å². The number of hydrogen-bond donors (Lipinski definition) is 2. The van der Waals surface area contributed by atoms with Gasteiger partial charge in [-0.25, -0.2) is 4.79 Å². The number of benzene rings is 1. The van der Waals surface area contributed by atoms with Crippen LogP contribution in [-0.2, 0) is 19.4 Å². The number of thiophene rings is 1. The van der Waals surface area contributed by atoms with Crippen molar-refractivity contribution in [2.75, 3.05) is 5.32 Å². The predicted octanol–water partition coefficient (Wildman–Crippen LogP) is 4.88. The zero-order valence-corrected chi connectivity index (χ0v) is 14.7. The lowest BCUT2D eigenvalue weighted by molar-refractivity contribution is 0.0694. The van der Waals surface area contributed by atoms with Crippen molar-refractivity contribution in [3.63, 3.8) is 0 Å². The molecule has 0 saturated heterocycles. The molecule has 122 valence electrons. The van der Waals surface area contributed by atoms with Gasteiger partial charge in [-0.1, -0.05) is 31.5 Å². The molecule has 0 bridgehead atoms. The molecule has 1 aliphatic rings. The van der Waals surface area contributed by atoms with Gasteiger partial charge in [0.25, 0.3) is 0 Å². The Labute approximate surface area is 141 Å². The Morgan fingerprint density at radius 2 is 2.00 bits per heavy atom. The first kappa shape index (κ1) is 16.1. The maximum absolute atomic E-state index is 11.8. The fourth-order valence-corrected chi connectivity index (χ4v) is 4.46. The topological polar surface area (TPSA) is 49.3 Å². The second kappa shape index (κ2) is 6.00. The molecule has 0 unspecified atom stereocenters. The molecule has 1 aromatic heterocycles. The van der Waals surface area contributed by atoms with E-state index in [2.05, 4.69) is 38.2 Å². The van der Waals surface area contributed by atoms with Crippen LogP contribution in [0.4, 0.5) is 5.69 Å². The van der Waals surface area contributed by atoms with Gasteiger partial charge in [-0.2, -0.15) is 0 Å². The molecule has 3 rings (SSSR count). The van der Waals surface area contributed by atoms with Crippen molar-refractivity contribution in [2.24, 2.45) is 5.41 Å². The van der Waals surface area contributed by atoms with E-state index in [0.29, 0.717) is 12.1 Å². The largest absolute Gasteiger partial charge is 0.478 e. The maximum Gasteiger partial charge on any atom is 0.337 e. The van der Waals surface area contributed by atoms with Crippen LogP contribution >= 0.6 is 11.3 Å². The van der Waals surface area contributed by atoms with Crippen LogP contribution in [0.2, 0.25) is 0 Å². The van der Waals surface area contributed by atoms with Crippen molar-refractivity contribution in [3.05, 3.63) is 50.7 Å². The average Bonchev–Trinajstić information content (AvgIpc) is 2.83. The molecule has 0 amide bonds. The van der Waals surface area contributed by atoms with E-state index >= 15 is 0 Å². The second-order valence-electron chi connectivity index (χ2n) is 7.17. The minimum Gasteiger partial charge on any atom is -0.478 e. The summed E-state index contributed by atoms with van der Waals surface area (Å²) in [5.41, 5.74) is 4.05. The highest BCUT2D eigenvalue weighted by Gasteiger charge is 2.32. The highest BCUT2D eigenvalue weighted by Crippen LogP contribution is 2.41. The molecule has 1 aromatic carbocycles. The molecule has 0 radical (unpaired) electrons. The van der Waals surface area contributed by atoms with E-state index < -0.39 is 5.97 Å². The summed E-state index contributed by atoms with van der Waals surface area (Å²) in [6.45, 7) is 7.08. The summed E-state index contributed by atoms with van der Waals surface area (Å²) in [6, 6.07) is 8.18. The number of hydrogen-bond acceptors (Lipinski definition) is 3. The summed E-state index contributed by atoms with van der Waals surface area (Å²) in [7, 11) is 0. The van der Waals surface area contributed by atoms with Gasteiger partial charge < -0.3 is 10.4 Å². The number of carboxylic acids is 1. The molecule has 0 atom stereocenters. The molecule has 0 aliphatic heterocycles. The smallest absolute Gasteiger partial charge is 0.337 e. The van der Waals surface area contributed by atoms with Crippen molar-refractivity contribution in [2.45, 2.75) is 46.6 Å². The highest BCUT2D eigenvalue weighted by atomic mass is 32.1. The quantitative estimate of drug-likeness (QED) is 0.840. The highest BCUT2D eigenvalue weighted by molar-refractivity contribution is 7.12. The number of fused-ring (bicyclic) bond motifs is 1. The molecule has 1 aliphatic carbocycles. The van der Waals surface area contributed by atoms with Crippen LogP contribution in [0.5, 0.6) is 0 Å². The Morgan fingerprint density at radius 1 is 1.30 bits per heavy atom. The van der Waals surface area contributed by atoms with Gasteiger partial charge >= 0.3 is 5.97 Å². The van der Waals surface area contributed by atoms with Gasteiger partial charge in [-0.15, -0.1) is 11.3 Å². The number of nitrogens with one attached hydrogen (secondary N) is 1. The van der Waals surface area contributed by atoms with E-state index in [4.69, 9.17) is 0 Å². The Morgan fingerprint density at radius 3 is 2.65 bits per heavy atom. The van der Waals surface area contributed by atoms with Crippen molar-refractivity contribution >= 4 is 23.0 Å². The fraction of sp³-hybridized carbons (Fsp3) is 0.421. The van der Waals surface area contributed by atoms with E-state index in [9.17, 15) is 9.90 Å². The van der Waals surface area contributed by atoms with Gasteiger partial charge in [0.2, 0.25) is 0 Å². The SMILES string of the molecule is Cc1ccc(NCc2sc3c(c2C(=O)O)CC(C)(C)CC3)cc1. The van der Waals surface area contributed by atoms with E-state index in [1.54, 1.807) is 11.3 Å². The van der Waals surface area contributed by atoms with Gasteiger partial charge in [-0.3, -0.25) is 0 Å². The summed E-state index contributed by atoms with van der Waals surface area (Å²) in [4.78, 5) is 14.0. The molecular weight excluding hydrogens is 306 g/mol. The Kier molecular flexibility index (Phi) is 4.19. The zero-order chi connectivity index (χ0) is 16.6. The maximum atomic E-state index is 11.8. The number of aryl methyl sites for hydroxylation is 2. The monoisotopic (exact) mass is 329 g/mol. The van der Waals surface area contributed by atoms with Crippen LogP contribution in [-0.4, -0.2) is 11.1 Å². The van der Waals surface area contributed by atoms with Crippen LogP contribution in [0.3, 0.4) is 0 Å². The summed E-state index contributed by atoms with van der Waals surface area (Å²) < 4.78 is 0. The molecule has 2 aromatic rings. The van der Waals surface area contributed by atoms with Gasteiger partial charge in [-0.05, 0) is 49.3 Å². The fourth-order valence-electron chi connectivity index (χ4n) is 3.20. The first-order valence-electron chi connectivity index (χ1n) is 8.03. The van der Waals surface area contributed by atoms with Crippen LogP contribution in [0.25, 0.3) is 0 Å². The minimum absolute atomic E-state index is 0.194. The molecule has 2 N–H and O–H groups in total. The molecule has 0 fully saturated rings. The van der Waals surface area contributed by atoms with Crippen LogP contribution in [0.15, 0.2) is 24.3 Å². The summed E-state index contributed by atoms with van der Waals surface area (Å²) in [5.74, 6) is -0.791. The normalized spacial score (nSPS) is 16.0. The number of aromatic carboxylic acids is 1. The zero-order valence-electron chi connectivity index (χ0n) is 13.9. The first-order chi connectivity index (χ1) is 10.9. The third kappa shape index (κ3) is 3.42. The molecule has 1 heterocycles. The van der Waals surface area contributed by atoms with Crippen LogP contribution in [0.1, 0.15) is 51.5 Å².